The molecule has 1 aromatic carbocycles. The molecule has 0 unspecified atom stereocenters. The summed E-state index contributed by atoms with van der Waals surface area (Å²) in [5, 5.41) is 7.26. The Morgan fingerprint density at radius 2 is 2.00 bits per heavy atom. The van der Waals surface area contributed by atoms with Crippen LogP contribution in [0.3, 0.4) is 0 Å². The number of nitrogens with zero attached hydrogens (tertiary/aromatic N) is 2. The fourth-order valence-electron chi connectivity index (χ4n) is 2.81. The maximum atomic E-state index is 13.0. The van der Waals surface area contributed by atoms with Crippen LogP contribution in [0.2, 0.25) is 0 Å². The summed E-state index contributed by atoms with van der Waals surface area (Å²) in [5.74, 6) is 0.0388. The molecule has 3 aromatic heterocycles. The lowest BCUT2D eigenvalue weighted by Crippen LogP contribution is -2.20. The van der Waals surface area contributed by atoms with Crippen molar-refractivity contribution < 1.29 is 23.3 Å². The number of nitrogens with one attached hydrogen (secondary N) is 1. The normalized spacial score (nSPS) is 10.8. The molecule has 0 spiro atoms. The zero-order valence-corrected chi connectivity index (χ0v) is 15.3. The zero-order chi connectivity index (χ0) is 20.4. The third kappa shape index (κ3) is 3.79. The van der Waals surface area contributed by atoms with Gasteiger partial charge in [-0.05, 0) is 49.4 Å². The van der Waals surface area contributed by atoms with Gasteiger partial charge in [-0.25, -0.2) is 4.98 Å². The molecule has 146 valence electrons. The summed E-state index contributed by atoms with van der Waals surface area (Å²) in [6.45, 7) is 1.52. The predicted molar refractivity (Wildman–Crippen MR) is 103 cm³/mol. The number of pyridine rings is 1. The number of fused-ring (bicyclic) bond motifs is 1. The Morgan fingerprint density at radius 1 is 1.21 bits per heavy atom. The Hall–Kier alpha value is -4.14. The van der Waals surface area contributed by atoms with E-state index >= 15 is 0 Å². The second-order valence-corrected chi connectivity index (χ2v) is 6.21. The van der Waals surface area contributed by atoms with Crippen LogP contribution < -0.4 is 15.8 Å². The number of amides is 2. The first kappa shape index (κ1) is 18.2. The van der Waals surface area contributed by atoms with Gasteiger partial charge in [0.05, 0.1) is 22.9 Å². The highest BCUT2D eigenvalue weighted by Crippen LogP contribution is 2.28. The molecule has 0 aliphatic heterocycles. The molecule has 4 rings (SSSR count). The number of furan rings is 1. The first-order valence-corrected chi connectivity index (χ1v) is 8.64. The van der Waals surface area contributed by atoms with Gasteiger partial charge in [0.2, 0.25) is 0 Å². The van der Waals surface area contributed by atoms with Crippen molar-refractivity contribution in [3.05, 3.63) is 60.0 Å². The molecule has 9 heteroatoms. The molecule has 4 aromatic rings. The van der Waals surface area contributed by atoms with Crippen LogP contribution in [0.4, 0.5) is 5.69 Å². The van der Waals surface area contributed by atoms with Gasteiger partial charge >= 0.3 is 0 Å². The van der Waals surface area contributed by atoms with Gasteiger partial charge in [0.25, 0.3) is 17.5 Å². The van der Waals surface area contributed by atoms with E-state index in [0.29, 0.717) is 39.5 Å². The van der Waals surface area contributed by atoms with Crippen molar-refractivity contribution in [2.45, 2.75) is 6.92 Å². The number of aromatic nitrogens is 2. The highest BCUT2D eigenvalue weighted by Gasteiger charge is 2.20. The second kappa shape index (κ2) is 7.47. The molecule has 0 bridgehead atoms. The van der Waals surface area contributed by atoms with Crippen LogP contribution in [0.1, 0.15) is 16.1 Å². The Kier molecular flexibility index (Phi) is 4.70. The van der Waals surface area contributed by atoms with E-state index in [2.05, 4.69) is 15.5 Å². The number of aryl methyl sites for hydroxylation is 1. The summed E-state index contributed by atoms with van der Waals surface area (Å²) < 4.78 is 15.8. The molecular weight excluding hydrogens is 376 g/mol. The number of primary amides is 1. The number of rotatable bonds is 6. The van der Waals surface area contributed by atoms with Crippen molar-refractivity contribution in [2.24, 2.45) is 5.73 Å². The number of carbonyl (C=O) groups excluding carboxylic acids is 2. The van der Waals surface area contributed by atoms with Crippen molar-refractivity contribution in [1.82, 2.24) is 10.1 Å². The monoisotopic (exact) mass is 392 g/mol. The van der Waals surface area contributed by atoms with Gasteiger partial charge in [0.1, 0.15) is 11.4 Å². The van der Waals surface area contributed by atoms with E-state index < -0.39 is 5.91 Å². The topological polar surface area (TPSA) is 133 Å². The molecule has 0 aliphatic rings. The van der Waals surface area contributed by atoms with Crippen LogP contribution in [0, 0.1) is 6.92 Å². The number of nitrogens with two attached hydrogens (primary N) is 1. The van der Waals surface area contributed by atoms with E-state index in [0.717, 1.165) is 0 Å². The maximum absolute atomic E-state index is 13.0. The fourth-order valence-corrected chi connectivity index (χ4v) is 2.81. The standard InChI is InChI=1S/C20H16N4O5/c1-11-18-14(9-15(16-3-2-8-27-16)23-20(18)29-24-11)19(26)22-12-4-6-13(7-5-12)28-10-17(21)25/h2-9H,10H2,1H3,(H2,21,25)(H,22,26). The molecule has 9 nitrogen and oxygen atoms in total. The lowest BCUT2D eigenvalue weighted by Gasteiger charge is -2.09. The first-order valence-electron chi connectivity index (χ1n) is 8.64. The van der Waals surface area contributed by atoms with Crippen molar-refractivity contribution in [1.29, 1.82) is 0 Å². The molecule has 2 amide bonds. The van der Waals surface area contributed by atoms with Gasteiger partial charge in [0, 0.05) is 5.69 Å². The van der Waals surface area contributed by atoms with E-state index in [-0.39, 0.29) is 18.2 Å². The number of benzene rings is 1. The quantitative estimate of drug-likeness (QED) is 0.515. The van der Waals surface area contributed by atoms with Gasteiger partial charge in [-0.15, -0.1) is 0 Å². The molecule has 0 radical (unpaired) electrons. The number of carbonyl (C=O) groups is 2. The fraction of sp³-hybridized carbons (Fsp3) is 0.100. The molecule has 0 saturated heterocycles. The minimum atomic E-state index is -0.569. The highest BCUT2D eigenvalue weighted by atomic mass is 16.5. The van der Waals surface area contributed by atoms with Crippen LogP contribution in [-0.2, 0) is 4.79 Å². The molecule has 0 fully saturated rings. The maximum Gasteiger partial charge on any atom is 0.259 e. The number of hydrogen-bond acceptors (Lipinski definition) is 7. The predicted octanol–water partition coefficient (Wildman–Crippen LogP) is 2.91. The Balaban J connectivity index is 1.63. The van der Waals surface area contributed by atoms with E-state index in [1.165, 1.54) is 6.26 Å². The van der Waals surface area contributed by atoms with E-state index in [9.17, 15) is 9.59 Å². The molecule has 3 heterocycles. The van der Waals surface area contributed by atoms with Crippen molar-refractivity contribution in [3.63, 3.8) is 0 Å². The zero-order valence-electron chi connectivity index (χ0n) is 15.3. The third-order valence-electron chi connectivity index (χ3n) is 4.13. The smallest absolute Gasteiger partial charge is 0.259 e. The van der Waals surface area contributed by atoms with Crippen LogP contribution in [0.15, 0.2) is 57.7 Å². The van der Waals surface area contributed by atoms with Gasteiger partial charge < -0.3 is 24.7 Å². The third-order valence-corrected chi connectivity index (χ3v) is 4.13. The average Bonchev–Trinajstić information content (AvgIpc) is 3.37. The SMILES string of the molecule is Cc1noc2nc(-c3ccco3)cc(C(=O)Nc3ccc(OCC(N)=O)cc3)c12. The first-order chi connectivity index (χ1) is 14.0. The summed E-state index contributed by atoms with van der Waals surface area (Å²) in [4.78, 5) is 28.1. The van der Waals surface area contributed by atoms with Crippen LogP contribution in [0.25, 0.3) is 22.6 Å². The largest absolute Gasteiger partial charge is 0.484 e. The molecule has 0 aliphatic carbocycles. The molecule has 3 N–H and O–H groups in total. The minimum absolute atomic E-state index is 0.219. The second-order valence-electron chi connectivity index (χ2n) is 6.21. The van der Waals surface area contributed by atoms with E-state index in [1.807, 2.05) is 0 Å². The van der Waals surface area contributed by atoms with Crippen LogP contribution >= 0.6 is 0 Å². The van der Waals surface area contributed by atoms with Crippen LogP contribution in [-0.4, -0.2) is 28.6 Å². The molecule has 0 atom stereocenters. The van der Waals surface area contributed by atoms with E-state index in [1.54, 1.807) is 49.4 Å². The number of hydrogen-bond donors (Lipinski definition) is 2. The Bertz CT molecular complexity index is 1180. The lowest BCUT2D eigenvalue weighted by atomic mass is 10.1. The Labute approximate surface area is 164 Å². The number of ether oxygens (including phenoxy) is 1. The number of anilines is 1. The van der Waals surface area contributed by atoms with Crippen molar-refractivity contribution >= 4 is 28.6 Å². The minimum Gasteiger partial charge on any atom is -0.484 e. The van der Waals surface area contributed by atoms with Gasteiger partial charge in [-0.3, -0.25) is 9.59 Å². The highest BCUT2D eigenvalue weighted by molar-refractivity contribution is 6.12. The summed E-state index contributed by atoms with van der Waals surface area (Å²) in [5.41, 5.74) is 7.21. The summed E-state index contributed by atoms with van der Waals surface area (Å²) >= 11 is 0. The summed E-state index contributed by atoms with van der Waals surface area (Å²) in [6.07, 6.45) is 1.52. The molecule has 29 heavy (non-hydrogen) atoms. The summed E-state index contributed by atoms with van der Waals surface area (Å²) in [7, 11) is 0. The van der Waals surface area contributed by atoms with Gasteiger partial charge in [-0.2, -0.15) is 0 Å². The molecule has 0 saturated carbocycles. The van der Waals surface area contributed by atoms with Crippen LogP contribution in [0.5, 0.6) is 5.75 Å². The van der Waals surface area contributed by atoms with Crippen molar-refractivity contribution in [3.8, 4) is 17.2 Å². The van der Waals surface area contributed by atoms with Gasteiger partial charge in [-0.1, -0.05) is 5.16 Å². The van der Waals surface area contributed by atoms with E-state index in [4.69, 9.17) is 19.4 Å². The lowest BCUT2D eigenvalue weighted by molar-refractivity contribution is -0.119. The van der Waals surface area contributed by atoms with Crippen molar-refractivity contribution in [2.75, 3.05) is 11.9 Å². The Morgan fingerprint density at radius 3 is 2.69 bits per heavy atom. The van der Waals surface area contributed by atoms with Gasteiger partial charge in [0.15, 0.2) is 12.4 Å². The summed E-state index contributed by atoms with van der Waals surface area (Å²) in [6, 6.07) is 11.7. The average molecular weight is 392 g/mol. The molecular formula is C20H16N4O5.